The molecule has 4 aromatic heterocycles. The van der Waals surface area contributed by atoms with Crippen LogP contribution in [0, 0.1) is 0 Å². The van der Waals surface area contributed by atoms with Gasteiger partial charge >= 0.3 is 0 Å². The summed E-state index contributed by atoms with van der Waals surface area (Å²) in [6, 6.07) is 47.8. The Bertz CT molecular complexity index is 2740. The van der Waals surface area contributed by atoms with Gasteiger partial charge < -0.3 is 0 Å². The quantitative estimate of drug-likeness (QED) is 0.186. The minimum absolute atomic E-state index is 0.195. The Kier molecular flexibility index (Phi) is 5.59. The molecule has 0 unspecified atom stereocenters. The van der Waals surface area contributed by atoms with Crippen molar-refractivity contribution in [3.05, 3.63) is 157 Å². The van der Waals surface area contributed by atoms with Crippen molar-refractivity contribution >= 4 is 43.6 Å². The minimum atomic E-state index is -0.195. The van der Waals surface area contributed by atoms with Crippen LogP contribution in [0.1, 0.15) is 25.0 Å². The maximum Gasteiger partial charge on any atom is 0.146 e. The molecule has 0 fully saturated rings. The van der Waals surface area contributed by atoms with Crippen LogP contribution < -0.4 is 0 Å². The molecule has 0 radical (unpaired) electrons. The molecule has 9 aromatic rings. The number of nitrogens with zero attached hydrogens (tertiary/aromatic N) is 4. The van der Waals surface area contributed by atoms with Gasteiger partial charge in [0.1, 0.15) is 11.5 Å². The molecular formula is C44H30N4. The monoisotopic (exact) mass is 614 g/mol. The average molecular weight is 615 g/mol. The van der Waals surface area contributed by atoms with Crippen LogP contribution >= 0.6 is 0 Å². The molecule has 0 amide bonds. The van der Waals surface area contributed by atoms with Gasteiger partial charge in [0.25, 0.3) is 0 Å². The Morgan fingerprint density at radius 3 is 2.21 bits per heavy atom. The normalized spacial score (nSPS) is 13.4. The zero-order chi connectivity index (χ0) is 32.0. The molecule has 1 aliphatic carbocycles. The molecule has 226 valence electrons. The molecule has 0 aliphatic heterocycles. The summed E-state index contributed by atoms with van der Waals surface area (Å²) in [5, 5.41) is 5.96. The summed E-state index contributed by atoms with van der Waals surface area (Å²) in [5.41, 5.74) is 12.6. The third-order valence-corrected chi connectivity index (χ3v) is 10.3. The molecule has 48 heavy (non-hydrogen) atoms. The van der Waals surface area contributed by atoms with Gasteiger partial charge in [-0.25, -0.2) is 15.0 Å². The van der Waals surface area contributed by atoms with Gasteiger partial charge in [0.2, 0.25) is 0 Å². The van der Waals surface area contributed by atoms with E-state index in [0.29, 0.717) is 0 Å². The molecule has 4 heterocycles. The molecule has 4 heteroatoms. The molecule has 0 atom stereocenters. The highest BCUT2D eigenvalue weighted by molar-refractivity contribution is 6.16. The van der Waals surface area contributed by atoms with Crippen LogP contribution in [-0.2, 0) is 5.41 Å². The van der Waals surface area contributed by atoms with Crippen molar-refractivity contribution in [3.63, 3.8) is 0 Å². The summed E-state index contributed by atoms with van der Waals surface area (Å²) >= 11 is 0. The van der Waals surface area contributed by atoms with Crippen molar-refractivity contribution in [2.24, 2.45) is 0 Å². The van der Waals surface area contributed by atoms with Crippen molar-refractivity contribution in [2.45, 2.75) is 19.3 Å². The van der Waals surface area contributed by atoms with Gasteiger partial charge in [0.15, 0.2) is 0 Å². The summed E-state index contributed by atoms with van der Waals surface area (Å²) < 4.78 is 2.15. The third-order valence-electron chi connectivity index (χ3n) is 10.3. The van der Waals surface area contributed by atoms with E-state index in [2.05, 4.69) is 133 Å². The lowest BCUT2D eigenvalue weighted by molar-refractivity contribution is 0.662. The van der Waals surface area contributed by atoms with Crippen LogP contribution in [0.4, 0.5) is 0 Å². The Morgan fingerprint density at radius 2 is 1.33 bits per heavy atom. The second-order valence-electron chi connectivity index (χ2n) is 13.3. The zero-order valence-electron chi connectivity index (χ0n) is 26.6. The van der Waals surface area contributed by atoms with E-state index in [-0.39, 0.29) is 5.41 Å². The van der Waals surface area contributed by atoms with Crippen molar-refractivity contribution in [1.82, 2.24) is 19.5 Å². The maximum absolute atomic E-state index is 5.36. The van der Waals surface area contributed by atoms with Crippen LogP contribution in [0.15, 0.2) is 146 Å². The van der Waals surface area contributed by atoms with Crippen molar-refractivity contribution in [3.8, 4) is 39.3 Å². The molecule has 0 bridgehead atoms. The lowest BCUT2D eigenvalue weighted by Crippen LogP contribution is -2.16. The number of pyridine rings is 3. The predicted molar refractivity (Wildman–Crippen MR) is 198 cm³/mol. The van der Waals surface area contributed by atoms with Crippen molar-refractivity contribution in [1.29, 1.82) is 0 Å². The Hall–Kier alpha value is -6.13. The fourth-order valence-electron chi connectivity index (χ4n) is 8.07. The highest BCUT2D eigenvalue weighted by Gasteiger charge is 2.39. The fourth-order valence-corrected chi connectivity index (χ4v) is 8.07. The number of fused-ring (bicyclic) bond motifs is 9. The predicted octanol–water partition coefficient (Wildman–Crippen LogP) is 10.9. The second kappa shape index (κ2) is 9.93. The number of benzene rings is 5. The van der Waals surface area contributed by atoms with Gasteiger partial charge in [-0.05, 0) is 86.6 Å². The van der Waals surface area contributed by atoms with Gasteiger partial charge in [-0.15, -0.1) is 0 Å². The van der Waals surface area contributed by atoms with Gasteiger partial charge in [0.05, 0.1) is 16.7 Å². The van der Waals surface area contributed by atoms with E-state index in [1.165, 1.54) is 55.1 Å². The second-order valence-corrected chi connectivity index (χ2v) is 13.3. The first-order valence-electron chi connectivity index (χ1n) is 16.5. The number of aromatic nitrogens is 4. The van der Waals surface area contributed by atoms with Crippen molar-refractivity contribution in [2.75, 3.05) is 0 Å². The summed E-state index contributed by atoms with van der Waals surface area (Å²) in [6.07, 6.45) is 3.68. The minimum Gasteiger partial charge on any atom is -0.278 e. The molecule has 0 spiro atoms. The molecule has 0 saturated carbocycles. The van der Waals surface area contributed by atoms with E-state index in [4.69, 9.17) is 9.97 Å². The summed E-state index contributed by atoms with van der Waals surface area (Å²) in [5.74, 6) is 0.864. The average Bonchev–Trinajstić information content (AvgIpc) is 3.59. The Balaban J connectivity index is 1.18. The molecule has 0 N–H and O–H groups in total. The Labute approximate surface area is 278 Å². The summed E-state index contributed by atoms with van der Waals surface area (Å²) in [6.45, 7) is 4.69. The zero-order valence-corrected chi connectivity index (χ0v) is 26.6. The van der Waals surface area contributed by atoms with Gasteiger partial charge in [-0.3, -0.25) is 4.57 Å². The largest absolute Gasteiger partial charge is 0.278 e. The van der Waals surface area contributed by atoms with E-state index in [1.807, 2.05) is 36.7 Å². The summed E-state index contributed by atoms with van der Waals surface area (Å²) in [7, 11) is 0. The van der Waals surface area contributed by atoms with Crippen LogP contribution in [-0.4, -0.2) is 19.5 Å². The highest BCUT2D eigenvalue weighted by Crippen LogP contribution is 2.54. The van der Waals surface area contributed by atoms with Crippen LogP contribution in [0.5, 0.6) is 0 Å². The lowest BCUT2D eigenvalue weighted by atomic mass is 9.78. The molecule has 5 aromatic carbocycles. The Morgan fingerprint density at radius 1 is 0.583 bits per heavy atom. The summed E-state index contributed by atoms with van der Waals surface area (Å²) in [4.78, 5) is 14.8. The van der Waals surface area contributed by atoms with Crippen LogP contribution in [0.3, 0.4) is 0 Å². The fraction of sp³-hybridized carbons (Fsp3) is 0.0682. The first kappa shape index (κ1) is 27.0. The number of rotatable bonds is 3. The number of hydrogen-bond donors (Lipinski definition) is 0. The number of hydrogen-bond acceptors (Lipinski definition) is 3. The SMILES string of the molecule is CC1(C)c2ccccc2-c2nc3ccc4ccccc4c3c(-c3ccc(-c4ccc5c(c4)c4cccnc4n5-c4ccccn4)cc3)c21. The molecule has 0 saturated heterocycles. The van der Waals surface area contributed by atoms with E-state index < -0.39 is 0 Å². The van der Waals surface area contributed by atoms with Gasteiger partial charge in [0, 0.05) is 39.5 Å². The van der Waals surface area contributed by atoms with E-state index >= 15 is 0 Å². The van der Waals surface area contributed by atoms with Gasteiger partial charge in [-0.2, -0.15) is 0 Å². The molecule has 10 rings (SSSR count). The molecule has 1 aliphatic rings. The highest BCUT2D eigenvalue weighted by atomic mass is 15.1. The van der Waals surface area contributed by atoms with Crippen LogP contribution in [0.25, 0.3) is 82.9 Å². The molecular weight excluding hydrogens is 585 g/mol. The maximum atomic E-state index is 5.36. The first-order chi connectivity index (χ1) is 23.6. The molecule has 4 nitrogen and oxygen atoms in total. The topological polar surface area (TPSA) is 43.6 Å². The van der Waals surface area contributed by atoms with E-state index in [0.717, 1.165) is 39.0 Å². The lowest BCUT2D eigenvalue weighted by Gasteiger charge is -2.25. The third kappa shape index (κ3) is 3.74. The first-order valence-corrected chi connectivity index (χ1v) is 16.5. The van der Waals surface area contributed by atoms with Gasteiger partial charge in [-0.1, -0.05) is 105 Å². The van der Waals surface area contributed by atoms with Crippen LogP contribution in [0.2, 0.25) is 0 Å². The smallest absolute Gasteiger partial charge is 0.146 e. The standard InChI is InChI=1S/C44H30N4/c1-44(2)35-14-6-5-12-33(35)42-41(44)39(40-31-11-4-3-10-28(31)20-22-36(40)47-42)29-18-16-27(17-19-29)30-21-23-37-34(26-30)32-13-9-25-46-43(32)48(37)38-15-7-8-24-45-38/h3-26H,1-2H3. The van der Waals surface area contributed by atoms with E-state index in [9.17, 15) is 0 Å². The van der Waals surface area contributed by atoms with E-state index in [1.54, 1.807) is 0 Å². The van der Waals surface area contributed by atoms with Crippen molar-refractivity contribution < 1.29 is 0 Å².